The molecule has 0 spiro atoms. The van der Waals surface area contributed by atoms with Gasteiger partial charge in [0.15, 0.2) is 0 Å². The summed E-state index contributed by atoms with van der Waals surface area (Å²) in [5.41, 5.74) is 5.72. The topological polar surface area (TPSA) is 95.7 Å². The van der Waals surface area contributed by atoms with Gasteiger partial charge in [-0.2, -0.15) is 4.72 Å². The molecule has 26 heavy (non-hydrogen) atoms. The number of fused-ring (bicyclic) bond motifs is 1. The van der Waals surface area contributed by atoms with E-state index in [0.29, 0.717) is 18.5 Å². The molecule has 1 heterocycles. The molecule has 140 valence electrons. The van der Waals surface area contributed by atoms with Crippen molar-refractivity contribution in [2.24, 2.45) is 5.73 Å². The number of nitrogens with one attached hydrogen (secondary N) is 1. The highest BCUT2D eigenvalue weighted by atomic mass is 32.2. The zero-order valence-electron chi connectivity index (χ0n) is 14.8. The second-order valence-electron chi connectivity index (χ2n) is 6.52. The third-order valence-corrected chi connectivity index (χ3v) is 6.22. The van der Waals surface area contributed by atoms with Gasteiger partial charge in [-0.05, 0) is 18.5 Å². The molecule has 8 heteroatoms. The molecule has 0 bridgehead atoms. The van der Waals surface area contributed by atoms with Crippen LogP contribution in [0.1, 0.15) is 0 Å². The van der Waals surface area contributed by atoms with Crippen molar-refractivity contribution >= 4 is 26.7 Å². The predicted molar refractivity (Wildman–Crippen MR) is 101 cm³/mol. The number of nitrogens with zero attached hydrogens (tertiary/aromatic N) is 2. The van der Waals surface area contributed by atoms with E-state index in [9.17, 15) is 13.2 Å². The fourth-order valence-corrected chi connectivity index (χ4v) is 4.56. The van der Waals surface area contributed by atoms with Crippen molar-refractivity contribution in [1.82, 2.24) is 14.5 Å². The molecule has 1 atom stereocenters. The van der Waals surface area contributed by atoms with Gasteiger partial charge >= 0.3 is 0 Å². The number of hydrogen-bond donors (Lipinski definition) is 2. The summed E-state index contributed by atoms with van der Waals surface area (Å²) in [7, 11) is -1.89. The Morgan fingerprint density at radius 3 is 2.46 bits per heavy atom. The number of likely N-dealkylation sites (N-methyl/N-ethyl adjacent to an activating group) is 1. The second kappa shape index (κ2) is 7.71. The summed E-state index contributed by atoms with van der Waals surface area (Å²) < 4.78 is 28.3. The van der Waals surface area contributed by atoms with Crippen molar-refractivity contribution in [1.29, 1.82) is 0 Å². The van der Waals surface area contributed by atoms with Crippen molar-refractivity contribution < 1.29 is 13.2 Å². The van der Waals surface area contributed by atoms with Gasteiger partial charge in [0.25, 0.3) is 0 Å². The Hall–Kier alpha value is -2.00. The Morgan fingerprint density at radius 1 is 1.12 bits per heavy atom. The van der Waals surface area contributed by atoms with Crippen LogP contribution in [0.5, 0.6) is 0 Å². The normalized spacial score (nSPS) is 17.4. The number of amides is 1. The molecule has 7 nitrogen and oxygen atoms in total. The maximum atomic E-state index is 12.9. The second-order valence-corrected chi connectivity index (χ2v) is 8.20. The summed E-state index contributed by atoms with van der Waals surface area (Å²) >= 11 is 0. The first-order chi connectivity index (χ1) is 12.4. The van der Waals surface area contributed by atoms with Crippen LogP contribution in [-0.2, 0) is 14.8 Å². The van der Waals surface area contributed by atoms with Crippen LogP contribution in [0.4, 0.5) is 0 Å². The van der Waals surface area contributed by atoms with Gasteiger partial charge in [0.2, 0.25) is 15.9 Å². The van der Waals surface area contributed by atoms with Crippen LogP contribution in [-0.4, -0.2) is 69.9 Å². The van der Waals surface area contributed by atoms with Crippen molar-refractivity contribution in [3.05, 3.63) is 42.5 Å². The maximum absolute atomic E-state index is 12.9. The molecular weight excluding hydrogens is 352 g/mol. The first-order valence-electron chi connectivity index (χ1n) is 8.60. The Labute approximate surface area is 153 Å². The zero-order chi connectivity index (χ0) is 18.7. The van der Waals surface area contributed by atoms with Crippen molar-refractivity contribution in [2.75, 3.05) is 39.8 Å². The lowest BCUT2D eigenvalue weighted by atomic mass is 10.1. The minimum Gasteiger partial charge on any atom is -0.339 e. The molecule has 3 N–H and O–H groups in total. The van der Waals surface area contributed by atoms with E-state index in [1.54, 1.807) is 29.2 Å². The number of nitrogens with two attached hydrogens (primary N) is 1. The Bertz CT molecular complexity index is 887. The van der Waals surface area contributed by atoms with Crippen LogP contribution in [0.25, 0.3) is 10.8 Å². The van der Waals surface area contributed by atoms with E-state index in [2.05, 4.69) is 9.62 Å². The quantitative estimate of drug-likeness (QED) is 0.778. The molecular formula is C18H24N4O3S. The van der Waals surface area contributed by atoms with E-state index in [1.807, 2.05) is 25.2 Å². The van der Waals surface area contributed by atoms with Crippen LogP contribution in [0.2, 0.25) is 0 Å². The molecule has 0 unspecified atom stereocenters. The number of carbonyl (C=O) groups excluding carboxylic acids is 1. The minimum absolute atomic E-state index is 0.0881. The van der Waals surface area contributed by atoms with Crippen LogP contribution in [0, 0.1) is 0 Å². The van der Waals surface area contributed by atoms with E-state index in [0.717, 1.165) is 18.5 Å². The van der Waals surface area contributed by atoms with Crippen LogP contribution in [0.15, 0.2) is 47.4 Å². The summed E-state index contributed by atoms with van der Waals surface area (Å²) in [6.07, 6.45) is 0. The Kier molecular flexibility index (Phi) is 5.57. The maximum Gasteiger partial charge on any atom is 0.242 e. The first kappa shape index (κ1) is 18.8. The number of benzene rings is 2. The minimum atomic E-state index is -3.88. The molecule has 0 aliphatic carbocycles. The largest absolute Gasteiger partial charge is 0.339 e. The van der Waals surface area contributed by atoms with Gasteiger partial charge in [-0.3, -0.25) is 4.79 Å². The fourth-order valence-electron chi connectivity index (χ4n) is 3.13. The highest BCUT2D eigenvalue weighted by Crippen LogP contribution is 2.22. The molecule has 3 rings (SSSR count). The average molecular weight is 376 g/mol. The van der Waals surface area contributed by atoms with E-state index in [4.69, 9.17) is 5.73 Å². The zero-order valence-corrected chi connectivity index (χ0v) is 15.6. The Morgan fingerprint density at radius 2 is 1.77 bits per heavy atom. The number of rotatable bonds is 5. The van der Waals surface area contributed by atoms with Gasteiger partial charge in [0.1, 0.15) is 6.04 Å². The summed E-state index contributed by atoms with van der Waals surface area (Å²) in [5.74, 6) is -0.274. The highest BCUT2D eigenvalue weighted by molar-refractivity contribution is 7.89. The molecule has 1 aliphatic rings. The van der Waals surface area contributed by atoms with E-state index >= 15 is 0 Å². The molecule has 2 aromatic carbocycles. The van der Waals surface area contributed by atoms with Crippen LogP contribution >= 0.6 is 0 Å². The van der Waals surface area contributed by atoms with Crippen molar-refractivity contribution in [2.45, 2.75) is 10.9 Å². The van der Waals surface area contributed by atoms with Gasteiger partial charge in [-0.15, -0.1) is 0 Å². The number of hydrogen-bond acceptors (Lipinski definition) is 5. The summed E-state index contributed by atoms with van der Waals surface area (Å²) in [6, 6.07) is 11.4. The van der Waals surface area contributed by atoms with E-state index in [1.165, 1.54) is 0 Å². The molecule has 0 saturated carbocycles. The SMILES string of the molecule is CN1CCN(C(=O)[C@H](CN)NS(=O)(=O)c2cccc3ccccc23)CC1. The smallest absolute Gasteiger partial charge is 0.242 e. The summed E-state index contributed by atoms with van der Waals surface area (Å²) in [5, 5.41) is 1.44. The molecule has 1 aliphatic heterocycles. The highest BCUT2D eigenvalue weighted by Gasteiger charge is 2.30. The van der Waals surface area contributed by atoms with Crippen LogP contribution < -0.4 is 10.5 Å². The molecule has 1 saturated heterocycles. The third-order valence-electron chi connectivity index (χ3n) is 4.69. The predicted octanol–water partition coefficient (Wildman–Crippen LogP) is 0.219. The van der Waals surface area contributed by atoms with Gasteiger partial charge < -0.3 is 15.5 Å². The van der Waals surface area contributed by atoms with E-state index < -0.39 is 16.1 Å². The molecule has 1 fully saturated rings. The van der Waals surface area contributed by atoms with Gasteiger partial charge in [0.05, 0.1) is 4.90 Å². The molecule has 0 aromatic heterocycles. The van der Waals surface area contributed by atoms with Gasteiger partial charge in [-0.25, -0.2) is 8.42 Å². The third kappa shape index (κ3) is 3.88. The Balaban J connectivity index is 1.83. The molecule has 0 radical (unpaired) electrons. The monoisotopic (exact) mass is 376 g/mol. The number of carbonyl (C=O) groups is 1. The van der Waals surface area contributed by atoms with E-state index in [-0.39, 0.29) is 17.3 Å². The van der Waals surface area contributed by atoms with Crippen molar-refractivity contribution in [3.8, 4) is 0 Å². The van der Waals surface area contributed by atoms with Crippen LogP contribution in [0.3, 0.4) is 0 Å². The standard InChI is InChI=1S/C18H24N4O3S/c1-21-9-11-22(12-10-21)18(23)16(13-19)20-26(24,25)17-8-4-6-14-5-2-3-7-15(14)17/h2-8,16,20H,9-13,19H2,1H3/t16-/m0/s1. The van der Waals surface area contributed by atoms with Gasteiger partial charge in [0, 0.05) is 38.1 Å². The van der Waals surface area contributed by atoms with Gasteiger partial charge in [-0.1, -0.05) is 36.4 Å². The lowest BCUT2D eigenvalue weighted by Crippen LogP contribution is -2.56. The lowest BCUT2D eigenvalue weighted by molar-refractivity contribution is -0.134. The first-order valence-corrected chi connectivity index (χ1v) is 10.1. The van der Waals surface area contributed by atoms with Crippen molar-refractivity contribution in [3.63, 3.8) is 0 Å². The number of sulfonamides is 1. The number of piperazine rings is 1. The summed E-state index contributed by atoms with van der Waals surface area (Å²) in [6.45, 7) is 2.58. The molecule has 1 amide bonds. The summed E-state index contributed by atoms with van der Waals surface area (Å²) in [4.78, 5) is 16.7. The average Bonchev–Trinajstić information content (AvgIpc) is 2.65. The fraction of sp³-hybridized carbons (Fsp3) is 0.389. The lowest BCUT2D eigenvalue weighted by Gasteiger charge is -2.34. The molecule has 2 aromatic rings.